The number of hydrogen-bond donors (Lipinski definition) is 0. The predicted molar refractivity (Wildman–Crippen MR) is 75.5 cm³/mol. The minimum Gasteiger partial charge on any atom is -0.493 e. The van der Waals surface area contributed by atoms with Gasteiger partial charge in [0.25, 0.3) is 5.69 Å². The number of hydrogen-bond acceptors (Lipinski definition) is 6. The van der Waals surface area contributed by atoms with Gasteiger partial charge < -0.3 is 14.2 Å². The van der Waals surface area contributed by atoms with Crippen LogP contribution in [-0.2, 0) is 16.1 Å². The Bertz CT molecular complexity index is 547. The first kappa shape index (κ1) is 16.7. The molecule has 0 amide bonds. The normalized spacial score (nSPS) is 10.9. The Labute approximate surface area is 123 Å². The monoisotopic (exact) mass is 297 g/mol. The van der Waals surface area contributed by atoms with Crippen LogP contribution in [0.4, 0.5) is 5.69 Å². The molecule has 1 rings (SSSR count). The molecule has 0 saturated heterocycles. The third kappa shape index (κ3) is 4.08. The molecule has 0 radical (unpaired) electrons. The van der Waals surface area contributed by atoms with E-state index in [0.29, 0.717) is 5.75 Å². The van der Waals surface area contributed by atoms with Gasteiger partial charge in [-0.05, 0) is 26.8 Å². The summed E-state index contributed by atoms with van der Waals surface area (Å²) < 4.78 is 15.2. The molecule has 7 heteroatoms. The van der Waals surface area contributed by atoms with Crippen molar-refractivity contribution in [1.29, 1.82) is 0 Å². The lowest BCUT2D eigenvalue weighted by molar-refractivity contribution is -0.385. The van der Waals surface area contributed by atoms with Crippen LogP contribution >= 0.6 is 0 Å². The first-order valence-electron chi connectivity index (χ1n) is 6.27. The number of nitrogens with zero attached hydrogens (tertiary/aromatic N) is 1. The van der Waals surface area contributed by atoms with Crippen molar-refractivity contribution >= 4 is 11.7 Å². The summed E-state index contributed by atoms with van der Waals surface area (Å²) in [5.74, 6) is 0.145. The van der Waals surface area contributed by atoms with Gasteiger partial charge in [-0.25, -0.2) is 0 Å². The predicted octanol–water partition coefficient (Wildman–Crippen LogP) is 2.70. The summed E-state index contributed by atoms with van der Waals surface area (Å²) in [5, 5.41) is 11.1. The van der Waals surface area contributed by atoms with Crippen molar-refractivity contribution in [1.82, 2.24) is 0 Å². The van der Waals surface area contributed by atoms with E-state index in [4.69, 9.17) is 14.2 Å². The topological polar surface area (TPSA) is 87.9 Å². The van der Waals surface area contributed by atoms with Crippen molar-refractivity contribution in [2.24, 2.45) is 5.41 Å². The number of esters is 1. The molecule has 7 nitrogen and oxygen atoms in total. The molecule has 21 heavy (non-hydrogen) atoms. The third-order valence-corrected chi connectivity index (χ3v) is 2.75. The third-order valence-electron chi connectivity index (χ3n) is 2.75. The number of nitro groups is 1. The highest BCUT2D eigenvalue weighted by molar-refractivity contribution is 5.75. The Morgan fingerprint density at radius 2 is 1.71 bits per heavy atom. The van der Waals surface area contributed by atoms with E-state index in [1.165, 1.54) is 26.4 Å². The van der Waals surface area contributed by atoms with Crippen LogP contribution in [0.1, 0.15) is 26.3 Å². The van der Waals surface area contributed by atoms with E-state index in [0.717, 1.165) is 0 Å². The van der Waals surface area contributed by atoms with Crippen LogP contribution in [0, 0.1) is 15.5 Å². The second-order valence-electron chi connectivity index (χ2n) is 5.42. The summed E-state index contributed by atoms with van der Waals surface area (Å²) in [6.07, 6.45) is 0. The standard InChI is InChI=1S/C14H19NO6/c1-14(2,3)13(16)21-8-9-6-11(19-4)12(20-5)7-10(9)15(17)18/h6-7H,8H2,1-5H3. The fourth-order valence-corrected chi connectivity index (χ4v) is 1.56. The highest BCUT2D eigenvalue weighted by Gasteiger charge is 2.25. The van der Waals surface area contributed by atoms with Gasteiger partial charge in [0.2, 0.25) is 0 Å². The molecule has 0 aliphatic rings. The maximum Gasteiger partial charge on any atom is 0.311 e. The van der Waals surface area contributed by atoms with Gasteiger partial charge in [0.15, 0.2) is 11.5 Å². The molecule has 0 atom stereocenters. The Hall–Kier alpha value is -2.31. The Morgan fingerprint density at radius 1 is 1.19 bits per heavy atom. The zero-order chi connectivity index (χ0) is 16.2. The van der Waals surface area contributed by atoms with E-state index in [2.05, 4.69) is 0 Å². The molecular formula is C14H19NO6. The summed E-state index contributed by atoms with van der Waals surface area (Å²) in [5.41, 5.74) is -0.615. The average molecular weight is 297 g/mol. The lowest BCUT2D eigenvalue weighted by Gasteiger charge is -2.17. The maximum absolute atomic E-state index is 11.7. The Morgan fingerprint density at radius 3 is 2.14 bits per heavy atom. The van der Waals surface area contributed by atoms with Gasteiger partial charge in [-0.3, -0.25) is 14.9 Å². The van der Waals surface area contributed by atoms with Gasteiger partial charge in [0.1, 0.15) is 6.61 Å². The highest BCUT2D eigenvalue weighted by Crippen LogP contribution is 2.35. The molecule has 0 saturated carbocycles. The van der Waals surface area contributed by atoms with E-state index >= 15 is 0 Å². The van der Waals surface area contributed by atoms with Crippen molar-refractivity contribution in [2.75, 3.05) is 14.2 Å². The number of carbonyl (C=O) groups is 1. The molecule has 0 N–H and O–H groups in total. The quantitative estimate of drug-likeness (QED) is 0.471. The molecule has 1 aromatic rings. The Balaban J connectivity index is 3.10. The van der Waals surface area contributed by atoms with Crippen molar-refractivity contribution in [3.05, 3.63) is 27.8 Å². The molecule has 0 fully saturated rings. The van der Waals surface area contributed by atoms with Crippen molar-refractivity contribution in [3.63, 3.8) is 0 Å². The van der Waals surface area contributed by atoms with Crippen LogP contribution in [0.3, 0.4) is 0 Å². The van der Waals surface area contributed by atoms with Crippen molar-refractivity contribution in [2.45, 2.75) is 27.4 Å². The highest BCUT2D eigenvalue weighted by atomic mass is 16.6. The zero-order valence-corrected chi connectivity index (χ0v) is 12.8. The number of ether oxygens (including phenoxy) is 3. The van der Waals surface area contributed by atoms with Gasteiger partial charge in [0, 0.05) is 0 Å². The summed E-state index contributed by atoms with van der Waals surface area (Å²) in [6.45, 7) is 4.92. The van der Waals surface area contributed by atoms with Crippen LogP contribution < -0.4 is 9.47 Å². The molecule has 0 bridgehead atoms. The van der Waals surface area contributed by atoms with Crippen molar-refractivity contribution < 1.29 is 23.9 Å². The van der Waals surface area contributed by atoms with Crippen LogP contribution in [-0.4, -0.2) is 25.1 Å². The number of carbonyl (C=O) groups excluding carboxylic acids is 1. The first-order valence-corrected chi connectivity index (χ1v) is 6.27. The average Bonchev–Trinajstić information content (AvgIpc) is 2.42. The zero-order valence-electron chi connectivity index (χ0n) is 12.8. The summed E-state index contributed by atoms with van der Waals surface area (Å²) in [7, 11) is 2.81. The van der Waals surface area contributed by atoms with Crippen LogP contribution in [0.25, 0.3) is 0 Å². The van der Waals surface area contributed by atoms with Crippen molar-refractivity contribution in [3.8, 4) is 11.5 Å². The number of benzene rings is 1. The summed E-state index contributed by atoms with van der Waals surface area (Å²) in [6, 6.07) is 2.69. The second-order valence-corrected chi connectivity index (χ2v) is 5.42. The van der Waals surface area contributed by atoms with Gasteiger partial charge >= 0.3 is 5.97 Å². The molecule has 1 aromatic carbocycles. The van der Waals surface area contributed by atoms with Crippen LogP contribution in [0.2, 0.25) is 0 Å². The van der Waals surface area contributed by atoms with Crippen LogP contribution in [0.5, 0.6) is 11.5 Å². The van der Waals surface area contributed by atoms with E-state index < -0.39 is 16.3 Å². The molecular weight excluding hydrogens is 278 g/mol. The molecule has 0 aromatic heterocycles. The Kier molecular flexibility index (Phi) is 5.12. The van der Waals surface area contributed by atoms with Gasteiger partial charge in [0.05, 0.1) is 36.2 Å². The SMILES string of the molecule is COc1cc(COC(=O)C(C)(C)C)c([N+](=O)[O-])cc1OC. The molecule has 0 aliphatic heterocycles. The molecule has 0 heterocycles. The van der Waals surface area contributed by atoms with E-state index in [1.54, 1.807) is 20.8 Å². The minimum absolute atomic E-state index is 0.186. The molecule has 0 unspecified atom stereocenters. The van der Waals surface area contributed by atoms with Gasteiger partial charge in [-0.15, -0.1) is 0 Å². The van der Waals surface area contributed by atoms with Gasteiger partial charge in [-0.1, -0.05) is 0 Å². The first-order chi connectivity index (χ1) is 9.70. The fourth-order valence-electron chi connectivity index (χ4n) is 1.56. The minimum atomic E-state index is -0.675. The van der Waals surface area contributed by atoms with E-state index in [9.17, 15) is 14.9 Å². The van der Waals surface area contributed by atoms with Crippen LogP contribution in [0.15, 0.2) is 12.1 Å². The lowest BCUT2D eigenvalue weighted by Crippen LogP contribution is -2.22. The molecule has 116 valence electrons. The summed E-state index contributed by atoms with van der Waals surface area (Å²) >= 11 is 0. The second kappa shape index (κ2) is 6.43. The lowest BCUT2D eigenvalue weighted by atomic mass is 9.97. The molecule has 0 aliphatic carbocycles. The maximum atomic E-state index is 11.7. The number of rotatable bonds is 5. The number of methoxy groups -OCH3 is 2. The fraction of sp³-hybridized carbons (Fsp3) is 0.500. The van der Waals surface area contributed by atoms with E-state index in [1.807, 2.05) is 0 Å². The smallest absolute Gasteiger partial charge is 0.311 e. The van der Waals surface area contributed by atoms with Gasteiger partial charge in [-0.2, -0.15) is 0 Å². The number of nitro benzene ring substituents is 1. The molecule has 0 spiro atoms. The largest absolute Gasteiger partial charge is 0.493 e. The van der Waals surface area contributed by atoms with E-state index in [-0.39, 0.29) is 23.6 Å². The summed E-state index contributed by atoms with van der Waals surface area (Å²) in [4.78, 5) is 22.3.